The number of nitrogens with zero attached hydrogens (tertiary/aromatic N) is 3. The molecular formula is C14H17ClN4O. The van der Waals surface area contributed by atoms with Crippen LogP contribution in [0.25, 0.3) is 5.69 Å². The molecular weight excluding hydrogens is 276 g/mol. The van der Waals surface area contributed by atoms with E-state index in [1.54, 1.807) is 6.20 Å². The van der Waals surface area contributed by atoms with Crippen molar-refractivity contribution in [3.63, 3.8) is 0 Å². The molecule has 0 aliphatic heterocycles. The minimum atomic E-state index is -0.326. The molecule has 1 N–H and O–H groups in total. The molecule has 1 heterocycles. The van der Waals surface area contributed by atoms with Gasteiger partial charge in [0.1, 0.15) is 5.02 Å². The van der Waals surface area contributed by atoms with Gasteiger partial charge in [-0.05, 0) is 26.2 Å². The fourth-order valence-corrected chi connectivity index (χ4v) is 1.92. The number of para-hydroxylation sites is 1. The Kier molecular flexibility index (Phi) is 4.76. The molecule has 20 heavy (non-hydrogen) atoms. The van der Waals surface area contributed by atoms with Gasteiger partial charge in [-0.3, -0.25) is 4.79 Å². The molecule has 0 unspecified atom stereocenters. The van der Waals surface area contributed by atoms with Gasteiger partial charge < -0.3 is 10.2 Å². The Balaban J connectivity index is 2.24. The van der Waals surface area contributed by atoms with E-state index < -0.39 is 0 Å². The first-order chi connectivity index (χ1) is 9.59. The standard InChI is InChI=1S/C14H17ClN4O/c1-18(2)9-8-16-12-10-17-19(14(20)13(12)15)11-6-4-3-5-7-11/h3-7,10,16H,8-9H2,1-2H3. The summed E-state index contributed by atoms with van der Waals surface area (Å²) in [6.07, 6.45) is 1.58. The van der Waals surface area contributed by atoms with E-state index in [1.807, 2.05) is 49.3 Å². The summed E-state index contributed by atoms with van der Waals surface area (Å²) >= 11 is 6.11. The molecule has 0 radical (unpaired) electrons. The Morgan fingerprint density at radius 2 is 2.00 bits per heavy atom. The van der Waals surface area contributed by atoms with E-state index in [4.69, 9.17) is 11.6 Å². The number of hydrogen-bond donors (Lipinski definition) is 1. The second-order valence-electron chi connectivity index (χ2n) is 4.65. The molecule has 0 bridgehead atoms. The Morgan fingerprint density at radius 3 is 2.65 bits per heavy atom. The monoisotopic (exact) mass is 292 g/mol. The van der Waals surface area contributed by atoms with E-state index in [9.17, 15) is 4.79 Å². The third-order valence-corrected chi connectivity index (χ3v) is 3.16. The van der Waals surface area contributed by atoms with Crippen LogP contribution in [0.2, 0.25) is 5.02 Å². The van der Waals surface area contributed by atoms with Crippen molar-refractivity contribution in [1.82, 2.24) is 14.7 Å². The zero-order valence-electron chi connectivity index (χ0n) is 11.5. The van der Waals surface area contributed by atoms with Gasteiger partial charge in [0.05, 0.1) is 17.6 Å². The highest BCUT2D eigenvalue weighted by molar-refractivity contribution is 6.32. The van der Waals surface area contributed by atoms with Crippen molar-refractivity contribution in [2.24, 2.45) is 0 Å². The van der Waals surface area contributed by atoms with Crippen molar-refractivity contribution in [3.05, 3.63) is 51.9 Å². The normalized spacial score (nSPS) is 10.8. The third-order valence-electron chi connectivity index (χ3n) is 2.79. The van der Waals surface area contributed by atoms with Gasteiger partial charge in [0.15, 0.2) is 0 Å². The average Bonchev–Trinajstić information content (AvgIpc) is 2.44. The zero-order chi connectivity index (χ0) is 14.5. The summed E-state index contributed by atoms with van der Waals surface area (Å²) in [6.45, 7) is 1.54. The fraction of sp³-hybridized carbons (Fsp3) is 0.286. The molecule has 1 aromatic heterocycles. The van der Waals surface area contributed by atoms with Crippen LogP contribution in [0.1, 0.15) is 0 Å². The quantitative estimate of drug-likeness (QED) is 0.914. The molecule has 5 nitrogen and oxygen atoms in total. The van der Waals surface area contributed by atoms with E-state index in [-0.39, 0.29) is 10.6 Å². The van der Waals surface area contributed by atoms with Gasteiger partial charge in [-0.15, -0.1) is 0 Å². The van der Waals surface area contributed by atoms with Crippen LogP contribution in [0.3, 0.4) is 0 Å². The topological polar surface area (TPSA) is 50.2 Å². The third kappa shape index (κ3) is 3.37. The van der Waals surface area contributed by atoms with E-state index in [0.29, 0.717) is 17.9 Å². The van der Waals surface area contributed by atoms with Crippen LogP contribution in [0.15, 0.2) is 41.3 Å². The summed E-state index contributed by atoms with van der Waals surface area (Å²) in [5.74, 6) is 0. The van der Waals surface area contributed by atoms with Gasteiger partial charge >= 0.3 is 0 Å². The van der Waals surface area contributed by atoms with Crippen LogP contribution in [0.4, 0.5) is 5.69 Å². The Bertz CT molecular complexity index is 625. The summed E-state index contributed by atoms with van der Waals surface area (Å²) in [5.41, 5.74) is 0.928. The molecule has 0 atom stereocenters. The molecule has 0 fully saturated rings. The smallest absolute Gasteiger partial charge is 0.292 e. The number of likely N-dealkylation sites (N-methyl/N-ethyl adjacent to an activating group) is 1. The summed E-state index contributed by atoms with van der Waals surface area (Å²) in [7, 11) is 3.96. The van der Waals surface area contributed by atoms with Crippen LogP contribution in [-0.4, -0.2) is 41.9 Å². The number of halogens is 1. The zero-order valence-corrected chi connectivity index (χ0v) is 12.3. The Labute approximate surface area is 122 Å². The highest BCUT2D eigenvalue weighted by atomic mass is 35.5. The van der Waals surface area contributed by atoms with Crippen molar-refractivity contribution in [2.75, 3.05) is 32.5 Å². The lowest BCUT2D eigenvalue weighted by Crippen LogP contribution is -2.25. The maximum Gasteiger partial charge on any atom is 0.292 e. The molecule has 0 aliphatic carbocycles. The first-order valence-corrected chi connectivity index (χ1v) is 6.69. The average molecular weight is 293 g/mol. The van der Waals surface area contributed by atoms with E-state index in [2.05, 4.69) is 10.4 Å². The van der Waals surface area contributed by atoms with Crippen LogP contribution < -0.4 is 10.9 Å². The molecule has 1 aromatic carbocycles. The summed E-state index contributed by atoms with van der Waals surface area (Å²) in [5, 5.41) is 7.42. The molecule has 0 saturated carbocycles. The lowest BCUT2D eigenvalue weighted by atomic mass is 10.3. The van der Waals surface area contributed by atoms with Crippen molar-refractivity contribution in [2.45, 2.75) is 0 Å². The number of benzene rings is 1. The molecule has 0 spiro atoms. The SMILES string of the molecule is CN(C)CCNc1cnn(-c2ccccc2)c(=O)c1Cl. The van der Waals surface area contributed by atoms with E-state index in [1.165, 1.54) is 4.68 Å². The van der Waals surface area contributed by atoms with Crippen LogP contribution in [0.5, 0.6) is 0 Å². The van der Waals surface area contributed by atoms with Crippen molar-refractivity contribution < 1.29 is 0 Å². The van der Waals surface area contributed by atoms with Crippen LogP contribution >= 0.6 is 11.6 Å². The second-order valence-corrected chi connectivity index (χ2v) is 5.03. The van der Waals surface area contributed by atoms with E-state index >= 15 is 0 Å². The van der Waals surface area contributed by atoms with E-state index in [0.717, 1.165) is 6.54 Å². The molecule has 2 rings (SSSR count). The number of nitrogens with one attached hydrogen (secondary N) is 1. The number of rotatable bonds is 5. The van der Waals surface area contributed by atoms with Crippen LogP contribution in [-0.2, 0) is 0 Å². The maximum absolute atomic E-state index is 12.2. The fourth-order valence-electron chi connectivity index (χ4n) is 1.72. The highest BCUT2D eigenvalue weighted by Gasteiger charge is 2.10. The van der Waals surface area contributed by atoms with Crippen molar-refractivity contribution >= 4 is 17.3 Å². The van der Waals surface area contributed by atoms with Gasteiger partial charge in [0, 0.05) is 13.1 Å². The molecule has 0 saturated heterocycles. The number of anilines is 1. The van der Waals surface area contributed by atoms with Crippen LogP contribution in [0, 0.1) is 0 Å². The van der Waals surface area contributed by atoms with Gasteiger partial charge in [-0.25, -0.2) is 0 Å². The molecule has 0 amide bonds. The summed E-state index contributed by atoms with van der Waals surface area (Å²) in [4.78, 5) is 14.2. The highest BCUT2D eigenvalue weighted by Crippen LogP contribution is 2.16. The minimum Gasteiger partial charge on any atom is -0.381 e. The first-order valence-electron chi connectivity index (χ1n) is 6.31. The molecule has 2 aromatic rings. The number of hydrogen-bond acceptors (Lipinski definition) is 4. The van der Waals surface area contributed by atoms with Crippen molar-refractivity contribution in [3.8, 4) is 5.69 Å². The Hall–Kier alpha value is -1.85. The van der Waals surface area contributed by atoms with Gasteiger partial charge in [-0.1, -0.05) is 29.8 Å². The minimum absolute atomic E-state index is 0.155. The van der Waals surface area contributed by atoms with Crippen molar-refractivity contribution in [1.29, 1.82) is 0 Å². The maximum atomic E-state index is 12.2. The molecule has 106 valence electrons. The first kappa shape index (κ1) is 14.6. The lowest BCUT2D eigenvalue weighted by Gasteiger charge is -2.13. The lowest BCUT2D eigenvalue weighted by molar-refractivity contribution is 0.425. The second kappa shape index (κ2) is 6.54. The van der Waals surface area contributed by atoms with Gasteiger partial charge in [0.2, 0.25) is 0 Å². The predicted molar refractivity (Wildman–Crippen MR) is 81.9 cm³/mol. The Morgan fingerprint density at radius 1 is 1.30 bits per heavy atom. The number of aromatic nitrogens is 2. The summed E-state index contributed by atoms with van der Waals surface area (Å²) < 4.78 is 1.29. The predicted octanol–water partition coefficient (Wildman–Crippen LogP) is 1.86. The van der Waals surface area contributed by atoms with Gasteiger partial charge in [0.25, 0.3) is 5.56 Å². The van der Waals surface area contributed by atoms with Gasteiger partial charge in [-0.2, -0.15) is 9.78 Å². The largest absolute Gasteiger partial charge is 0.381 e. The molecule has 0 aliphatic rings. The summed E-state index contributed by atoms with van der Waals surface area (Å²) in [6, 6.07) is 9.20. The molecule has 6 heteroatoms.